The molecule has 0 amide bonds. The van der Waals surface area contributed by atoms with Gasteiger partial charge in [0.25, 0.3) is 5.89 Å². The predicted molar refractivity (Wildman–Crippen MR) is 106 cm³/mol. The highest BCUT2D eigenvalue weighted by molar-refractivity contribution is 5.77. The van der Waals surface area contributed by atoms with Crippen LogP contribution in [0.25, 0.3) is 22.7 Å². The van der Waals surface area contributed by atoms with Crippen molar-refractivity contribution in [3.05, 3.63) is 71.8 Å². The lowest BCUT2D eigenvalue weighted by Gasteiger charge is -2.22. The predicted octanol–water partition coefficient (Wildman–Crippen LogP) is 4.65. The van der Waals surface area contributed by atoms with E-state index in [9.17, 15) is 0 Å². The van der Waals surface area contributed by atoms with Crippen molar-refractivity contribution >= 4 is 5.69 Å². The third-order valence-electron chi connectivity index (χ3n) is 5.24. The zero-order valence-corrected chi connectivity index (χ0v) is 15.8. The number of anilines is 1. The molecule has 1 aliphatic rings. The Bertz CT molecular complexity index is 1120. The number of fused-ring (bicyclic) bond motifs is 1. The highest BCUT2D eigenvalue weighted by Crippen LogP contribution is 2.35. The molecule has 6 heteroatoms. The lowest BCUT2D eigenvalue weighted by atomic mass is 10.1. The number of hydrogen-bond donors (Lipinski definition) is 0. The van der Waals surface area contributed by atoms with Crippen LogP contribution in [-0.4, -0.2) is 21.4 Å². The standard InChI is InChI=1S/C22H20N4O2/c1-14-12-17-10-6-7-11-18(17)26(14)13-19-23-24-22(27-19)20-15(2)28-25-21(20)16-8-4-3-5-9-16/h3-11,14H,12-13H2,1-2H3. The minimum Gasteiger partial charge on any atom is -0.419 e. The van der Waals surface area contributed by atoms with E-state index in [1.807, 2.05) is 37.3 Å². The molecule has 0 fully saturated rings. The smallest absolute Gasteiger partial charge is 0.253 e. The van der Waals surface area contributed by atoms with Crippen molar-refractivity contribution in [2.75, 3.05) is 4.90 Å². The molecule has 0 saturated heterocycles. The molecule has 6 nitrogen and oxygen atoms in total. The van der Waals surface area contributed by atoms with Gasteiger partial charge in [-0.15, -0.1) is 10.2 Å². The molecule has 1 unspecified atom stereocenters. The summed E-state index contributed by atoms with van der Waals surface area (Å²) in [7, 11) is 0. The molecule has 0 saturated carbocycles. The maximum absolute atomic E-state index is 6.03. The Kier molecular flexibility index (Phi) is 3.97. The van der Waals surface area contributed by atoms with Crippen molar-refractivity contribution in [3.8, 4) is 22.7 Å². The molecule has 0 N–H and O–H groups in total. The van der Waals surface area contributed by atoms with Gasteiger partial charge >= 0.3 is 0 Å². The molecule has 3 heterocycles. The Morgan fingerprint density at radius 1 is 1.04 bits per heavy atom. The van der Waals surface area contributed by atoms with Gasteiger partial charge in [0.05, 0.1) is 6.54 Å². The van der Waals surface area contributed by atoms with Gasteiger partial charge in [-0.1, -0.05) is 53.7 Å². The highest BCUT2D eigenvalue weighted by Gasteiger charge is 2.28. The molecule has 0 bridgehead atoms. The lowest BCUT2D eigenvalue weighted by molar-refractivity contribution is 0.399. The van der Waals surface area contributed by atoms with Crippen LogP contribution in [0.1, 0.15) is 24.1 Å². The average molecular weight is 372 g/mol. The van der Waals surface area contributed by atoms with E-state index in [1.165, 1.54) is 11.3 Å². The van der Waals surface area contributed by atoms with Crippen LogP contribution >= 0.6 is 0 Å². The van der Waals surface area contributed by atoms with Gasteiger partial charge in [0.1, 0.15) is 17.0 Å². The minimum absolute atomic E-state index is 0.393. The van der Waals surface area contributed by atoms with E-state index in [1.54, 1.807) is 0 Å². The van der Waals surface area contributed by atoms with Crippen LogP contribution in [0.2, 0.25) is 0 Å². The molecule has 140 valence electrons. The van der Waals surface area contributed by atoms with Crippen molar-refractivity contribution in [3.63, 3.8) is 0 Å². The summed E-state index contributed by atoms with van der Waals surface area (Å²) in [5, 5.41) is 12.8. The SMILES string of the molecule is Cc1onc(-c2ccccc2)c1-c1nnc(CN2c3ccccc3CC2C)o1. The maximum Gasteiger partial charge on any atom is 0.253 e. The molecule has 0 radical (unpaired) electrons. The fraction of sp³-hybridized carbons (Fsp3) is 0.227. The first-order valence-corrected chi connectivity index (χ1v) is 9.39. The number of nitrogens with zero attached hydrogens (tertiary/aromatic N) is 4. The van der Waals surface area contributed by atoms with Crippen molar-refractivity contribution in [2.45, 2.75) is 32.9 Å². The molecule has 1 aliphatic heterocycles. The van der Waals surface area contributed by atoms with Crippen LogP contribution in [0.15, 0.2) is 63.5 Å². The zero-order valence-electron chi connectivity index (χ0n) is 15.8. The summed E-state index contributed by atoms with van der Waals surface area (Å²) in [6.07, 6.45) is 1.03. The second kappa shape index (κ2) is 6.64. The summed E-state index contributed by atoms with van der Waals surface area (Å²) in [5.74, 6) is 1.68. The van der Waals surface area contributed by atoms with Gasteiger partial charge in [-0.3, -0.25) is 0 Å². The van der Waals surface area contributed by atoms with Crippen molar-refractivity contribution in [1.29, 1.82) is 0 Å². The minimum atomic E-state index is 0.393. The van der Waals surface area contributed by atoms with Gasteiger partial charge in [-0.05, 0) is 31.9 Å². The molecular formula is C22H20N4O2. The van der Waals surface area contributed by atoms with Crippen LogP contribution in [-0.2, 0) is 13.0 Å². The summed E-state index contributed by atoms with van der Waals surface area (Å²) in [5.41, 5.74) is 5.01. The van der Waals surface area contributed by atoms with Crippen LogP contribution in [0.4, 0.5) is 5.69 Å². The first-order chi connectivity index (χ1) is 13.7. The van der Waals surface area contributed by atoms with Crippen LogP contribution < -0.4 is 4.90 Å². The molecule has 0 aliphatic carbocycles. The van der Waals surface area contributed by atoms with Gasteiger partial charge in [0.15, 0.2) is 0 Å². The molecule has 0 spiro atoms. The Labute approximate surface area is 162 Å². The largest absolute Gasteiger partial charge is 0.419 e. The van der Waals surface area contributed by atoms with Gasteiger partial charge in [0, 0.05) is 17.3 Å². The second-order valence-electron chi connectivity index (χ2n) is 7.14. The third-order valence-corrected chi connectivity index (χ3v) is 5.24. The lowest BCUT2D eigenvalue weighted by Crippen LogP contribution is -2.28. The number of aryl methyl sites for hydroxylation is 1. The van der Waals surface area contributed by atoms with Gasteiger partial charge in [0.2, 0.25) is 5.89 Å². The van der Waals surface area contributed by atoms with Crippen molar-refractivity contribution in [1.82, 2.24) is 15.4 Å². The van der Waals surface area contributed by atoms with Gasteiger partial charge in [-0.25, -0.2) is 0 Å². The molecule has 2 aromatic heterocycles. The fourth-order valence-corrected chi connectivity index (χ4v) is 3.85. The first kappa shape index (κ1) is 16.7. The van der Waals surface area contributed by atoms with Crippen LogP contribution in [0.3, 0.4) is 0 Å². The number of rotatable bonds is 4. The zero-order chi connectivity index (χ0) is 19.1. The second-order valence-corrected chi connectivity index (χ2v) is 7.14. The number of para-hydroxylation sites is 1. The Morgan fingerprint density at radius 2 is 1.82 bits per heavy atom. The van der Waals surface area contributed by atoms with Gasteiger partial charge < -0.3 is 13.8 Å². The Hall–Kier alpha value is -3.41. The summed E-state index contributed by atoms with van der Waals surface area (Å²) >= 11 is 0. The van der Waals surface area contributed by atoms with E-state index < -0.39 is 0 Å². The van der Waals surface area contributed by atoms with Crippen LogP contribution in [0, 0.1) is 6.92 Å². The van der Waals surface area contributed by atoms with E-state index >= 15 is 0 Å². The van der Waals surface area contributed by atoms with Crippen LogP contribution in [0.5, 0.6) is 0 Å². The summed E-state index contributed by atoms with van der Waals surface area (Å²) in [4.78, 5) is 2.31. The molecule has 5 rings (SSSR count). The topological polar surface area (TPSA) is 68.2 Å². The molecule has 2 aromatic carbocycles. The molecule has 1 atom stereocenters. The number of aromatic nitrogens is 3. The van der Waals surface area contributed by atoms with E-state index in [0.717, 1.165) is 17.5 Å². The van der Waals surface area contributed by atoms with E-state index in [4.69, 9.17) is 8.94 Å². The van der Waals surface area contributed by atoms with Gasteiger partial charge in [-0.2, -0.15) is 0 Å². The van der Waals surface area contributed by atoms with E-state index in [0.29, 0.717) is 35.8 Å². The van der Waals surface area contributed by atoms with E-state index in [-0.39, 0.29) is 0 Å². The van der Waals surface area contributed by atoms with Crippen molar-refractivity contribution < 1.29 is 8.94 Å². The van der Waals surface area contributed by atoms with Crippen molar-refractivity contribution in [2.24, 2.45) is 0 Å². The van der Waals surface area contributed by atoms with E-state index in [2.05, 4.69) is 51.4 Å². The normalized spacial score (nSPS) is 15.8. The quantitative estimate of drug-likeness (QED) is 0.519. The fourth-order valence-electron chi connectivity index (χ4n) is 3.85. The molecular weight excluding hydrogens is 352 g/mol. The Morgan fingerprint density at radius 3 is 2.68 bits per heavy atom. The molecule has 4 aromatic rings. The molecule has 28 heavy (non-hydrogen) atoms. The highest BCUT2D eigenvalue weighted by atomic mass is 16.5. The summed E-state index contributed by atoms with van der Waals surface area (Å²) in [6, 6.07) is 18.7. The monoisotopic (exact) mass is 372 g/mol. The maximum atomic E-state index is 6.03. The summed E-state index contributed by atoms with van der Waals surface area (Å²) in [6.45, 7) is 4.66. The average Bonchev–Trinajstić information content (AvgIpc) is 3.41. The Balaban J connectivity index is 1.46. The first-order valence-electron chi connectivity index (χ1n) is 9.39. The summed E-state index contributed by atoms with van der Waals surface area (Å²) < 4.78 is 11.5. The number of hydrogen-bond acceptors (Lipinski definition) is 6. The third kappa shape index (κ3) is 2.78. The number of benzene rings is 2.